The number of fused-ring (bicyclic) bond motifs is 1. The average molecular weight is 1040 g/mol. The zero-order valence-corrected chi connectivity index (χ0v) is 40.8. The first-order chi connectivity index (χ1) is 31.2. The minimum absolute atomic E-state index is 0.0204. The van der Waals surface area contributed by atoms with Crippen molar-refractivity contribution >= 4 is 73.7 Å². The third-order valence-corrected chi connectivity index (χ3v) is 10.0. The van der Waals surface area contributed by atoms with Crippen LogP contribution in [0.1, 0.15) is 94.3 Å². The van der Waals surface area contributed by atoms with Gasteiger partial charge in [-0.15, -0.1) is 0 Å². The highest BCUT2D eigenvalue weighted by molar-refractivity contribution is 14.1. The number of nitro groups is 2. The number of aliphatic hydroxyl groups is 2. The first kappa shape index (κ1) is 55.6. The monoisotopic (exact) mass is 1040 g/mol. The van der Waals surface area contributed by atoms with E-state index in [2.05, 4.69) is 63.2 Å². The highest BCUT2D eigenvalue weighted by Gasteiger charge is 2.42. The van der Waals surface area contributed by atoms with Crippen molar-refractivity contribution in [2.45, 2.75) is 115 Å². The Labute approximate surface area is 399 Å². The van der Waals surface area contributed by atoms with Crippen LogP contribution in [0.4, 0.5) is 28.4 Å². The summed E-state index contributed by atoms with van der Waals surface area (Å²) >= 11 is 7.39. The highest BCUT2D eigenvalue weighted by Crippen LogP contribution is 2.43. The lowest BCUT2D eigenvalue weighted by Crippen LogP contribution is -2.25. The standard InChI is InChI=1S/C10H11N3O.C9H11N3O2.C9H13N3.C5H3ClN2O2.C4H9N.C2H3N.C2H6O.CH3I.CH4O/c1-10(3-4-10)13-8-2-5-11-6-7(8)12-9(13)14;1-9(3-4-9)11-7-2-5-10-6-8(7)12(13)14;1-9(3-4-9)12-8-2-5-11-6-7(8)10;6-4-1-2-7-3-5(4)8(9)10;1-4(5)2-3-4;2*1-2-3;2*1-2/h2,5-6H,3-4H2,1H3,(H,12,14);2,5-6H,3-4H2,1H3,(H,10,11);2,5-6H,3-4,10H2,1H3,(H,11,12);1-3H;2-3,5H2,1H3;1H3;3H,2H2,1H3;1H3;2H,1H3/i;;;;;;;1D;. The van der Waals surface area contributed by atoms with Crippen LogP contribution < -0.4 is 27.8 Å². The van der Waals surface area contributed by atoms with Crippen molar-refractivity contribution < 1.29 is 21.4 Å². The van der Waals surface area contributed by atoms with Gasteiger partial charge in [0.1, 0.15) is 23.1 Å². The van der Waals surface area contributed by atoms with Gasteiger partial charge >= 0.3 is 17.1 Å². The molecule has 9 N–H and O–H groups in total. The van der Waals surface area contributed by atoms with Crippen molar-refractivity contribution in [1.82, 2.24) is 29.5 Å². The Hall–Kier alpha value is -5.54. The maximum absolute atomic E-state index is 11.7. The van der Waals surface area contributed by atoms with Gasteiger partial charge in [-0.3, -0.25) is 44.7 Å². The molecule has 0 amide bonds. The number of anilines is 3. The Morgan fingerprint density at radius 1 is 0.862 bits per heavy atom. The molecule has 9 rings (SSSR count). The van der Waals surface area contributed by atoms with Crippen molar-refractivity contribution in [3.63, 3.8) is 0 Å². The molecule has 4 saturated carbocycles. The lowest BCUT2D eigenvalue weighted by molar-refractivity contribution is -0.385. The van der Waals surface area contributed by atoms with Crippen molar-refractivity contribution in [2.24, 2.45) is 5.73 Å². The molecule has 4 aliphatic rings. The summed E-state index contributed by atoms with van der Waals surface area (Å²) in [7, 11) is 1.00. The maximum Gasteiger partial charge on any atom is 0.327 e. The van der Waals surface area contributed by atoms with Gasteiger partial charge in [-0.25, -0.2) is 4.79 Å². The second-order valence-electron chi connectivity index (χ2n) is 15.9. The van der Waals surface area contributed by atoms with Gasteiger partial charge in [-0.1, -0.05) is 34.2 Å². The number of nitrogens with zero attached hydrogens (tertiary/aromatic N) is 8. The van der Waals surface area contributed by atoms with Crippen LogP contribution in [0.3, 0.4) is 0 Å². The van der Waals surface area contributed by atoms with Crippen LogP contribution in [0.25, 0.3) is 11.0 Å². The van der Waals surface area contributed by atoms with Crippen molar-refractivity contribution in [1.29, 1.82) is 5.26 Å². The van der Waals surface area contributed by atoms with Gasteiger partial charge in [0.25, 0.3) is 0 Å². The summed E-state index contributed by atoms with van der Waals surface area (Å²) < 4.78 is 8.05. The Balaban J connectivity index is 0.000000399. The van der Waals surface area contributed by atoms with E-state index in [0.717, 1.165) is 61.4 Å². The van der Waals surface area contributed by atoms with Gasteiger partial charge in [-0.2, -0.15) is 5.26 Å². The number of alkyl halides is 1. The van der Waals surface area contributed by atoms with Gasteiger partial charge in [0.05, 0.1) is 50.7 Å². The quantitative estimate of drug-likeness (QED) is 0.0350. The summed E-state index contributed by atoms with van der Waals surface area (Å²) in [6.07, 6.45) is 21.4. The summed E-state index contributed by atoms with van der Waals surface area (Å²) in [6.45, 7) is 11.8. The maximum atomic E-state index is 11.7. The number of aromatic amines is 1. The first-order valence-corrected chi connectivity index (χ1v) is 22.2. The summed E-state index contributed by atoms with van der Waals surface area (Å²) in [6, 6.07) is 8.57. The minimum atomic E-state index is -0.574. The van der Waals surface area contributed by atoms with Crippen LogP contribution in [0.15, 0.2) is 78.6 Å². The predicted octanol–water partition coefficient (Wildman–Crippen LogP) is 8.14. The van der Waals surface area contributed by atoms with E-state index in [1.54, 1.807) is 50.0 Å². The third kappa shape index (κ3) is 20.9. The summed E-state index contributed by atoms with van der Waals surface area (Å²) in [4.78, 5) is 50.0. The number of imidazole rings is 1. The van der Waals surface area contributed by atoms with E-state index in [1.807, 2.05) is 39.3 Å². The van der Waals surface area contributed by atoms with Crippen LogP contribution >= 0.6 is 34.2 Å². The fourth-order valence-corrected chi connectivity index (χ4v) is 5.21. The fourth-order valence-electron chi connectivity index (χ4n) is 5.03. The number of halogens is 2. The van der Waals surface area contributed by atoms with Crippen molar-refractivity contribution in [2.75, 3.05) is 35.0 Å². The molecule has 0 aliphatic heterocycles. The normalized spacial score (nSPS) is 15.8. The highest BCUT2D eigenvalue weighted by atomic mass is 127. The number of aromatic nitrogens is 6. The number of nitriles is 1. The molecule has 0 unspecified atom stereocenters. The van der Waals surface area contributed by atoms with Gasteiger partial charge in [-0.05, 0) is 115 Å². The molecule has 0 aromatic carbocycles. The molecule has 0 radical (unpaired) electrons. The number of aliphatic hydroxyl groups excluding tert-OH is 2. The molecule has 5 aromatic rings. The molecule has 22 heteroatoms. The molecule has 0 atom stereocenters. The number of nitrogens with one attached hydrogen (secondary N) is 3. The molecule has 0 spiro atoms. The van der Waals surface area contributed by atoms with E-state index in [4.69, 9.17) is 39.9 Å². The number of hydrogen-bond donors (Lipinski definition) is 7. The SMILES string of the molecule is CC#N.CC1(N)CC1.CC1(Nc2ccncc2N)CC1.CC1(Nc2ccncc2[N+](=O)[O-])CC1.CC1(n2c(=O)[nH]c3cnccc32)CC1.CCO.CO.O=[N+]([O-])c1cnccc1Cl.[2H]CI. The minimum Gasteiger partial charge on any atom is -0.400 e. The fraction of sp³-hybridized carbons (Fsp3) is 0.488. The number of nitrogen functional groups attached to an aromatic ring is 1. The van der Waals surface area contributed by atoms with E-state index in [9.17, 15) is 25.0 Å². The van der Waals surface area contributed by atoms with E-state index in [0.29, 0.717) is 10.6 Å². The van der Waals surface area contributed by atoms with Gasteiger partial charge in [0, 0.05) is 69.0 Å². The zero-order chi connectivity index (χ0) is 50.1. The van der Waals surface area contributed by atoms with E-state index in [-0.39, 0.29) is 50.8 Å². The lowest BCUT2D eigenvalue weighted by Gasteiger charge is -2.14. The molecule has 0 saturated heterocycles. The van der Waals surface area contributed by atoms with E-state index < -0.39 is 9.85 Å². The topological polar surface area (TPSA) is 316 Å². The summed E-state index contributed by atoms with van der Waals surface area (Å²) in [5.74, 6) is 0. The number of H-pyrrole nitrogens is 1. The second kappa shape index (κ2) is 27.7. The molecule has 5 heterocycles. The second-order valence-corrected chi connectivity index (χ2v) is 16.3. The molecular formula is C43H63ClIN13O7. The molecule has 356 valence electrons. The zero-order valence-electron chi connectivity index (χ0n) is 38.9. The van der Waals surface area contributed by atoms with Crippen LogP contribution in [0, 0.1) is 31.6 Å². The molecule has 4 aliphatic carbocycles. The van der Waals surface area contributed by atoms with Crippen molar-refractivity contribution in [3.05, 3.63) is 110 Å². The van der Waals surface area contributed by atoms with E-state index >= 15 is 0 Å². The molecule has 0 bridgehead atoms. The average Bonchev–Trinajstić information content (AvgIpc) is 4.21. The lowest BCUT2D eigenvalue weighted by atomic mass is 10.2. The summed E-state index contributed by atoms with van der Waals surface area (Å²) in [5, 5.41) is 49.3. The smallest absolute Gasteiger partial charge is 0.327 e. The number of pyridine rings is 4. The Kier molecular flexibility index (Phi) is 23.7. The number of rotatable bonds is 7. The van der Waals surface area contributed by atoms with Gasteiger partial charge < -0.3 is 37.3 Å². The van der Waals surface area contributed by atoms with Crippen LogP contribution in [0.5, 0.6) is 0 Å². The Morgan fingerprint density at radius 2 is 1.26 bits per heavy atom. The van der Waals surface area contributed by atoms with Crippen LogP contribution in [0.2, 0.25) is 5.02 Å². The molecule has 20 nitrogen and oxygen atoms in total. The molecule has 5 aromatic heterocycles. The van der Waals surface area contributed by atoms with Crippen LogP contribution in [-0.2, 0) is 5.54 Å². The predicted molar refractivity (Wildman–Crippen MR) is 265 cm³/mol. The number of hydrogen-bond acceptors (Lipinski definition) is 16. The summed E-state index contributed by atoms with van der Waals surface area (Å²) in [5.41, 5.74) is 15.8. The Bertz CT molecular complexity index is 2340. The Morgan fingerprint density at radius 3 is 1.66 bits per heavy atom. The molecule has 65 heavy (non-hydrogen) atoms. The van der Waals surface area contributed by atoms with Gasteiger partial charge in [0.15, 0.2) is 0 Å². The van der Waals surface area contributed by atoms with E-state index in [1.165, 1.54) is 51.1 Å². The number of nitrogens with two attached hydrogens (primary N) is 2. The molecular weight excluding hydrogens is 973 g/mol. The first-order valence-electron chi connectivity index (χ1n) is 21.0. The van der Waals surface area contributed by atoms with Crippen molar-refractivity contribution in [3.8, 4) is 6.07 Å². The molecule has 4 fully saturated rings. The largest absolute Gasteiger partial charge is 0.400 e. The third-order valence-electron chi connectivity index (χ3n) is 9.70. The van der Waals surface area contributed by atoms with Gasteiger partial charge in [0.2, 0.25) is 0 Å². The van der Waals surface area contributed by atoms with Crippen LogP contribution in [-0.4, -0.2) is 84.8 Å².